The Balaban J connectivity index is 0.000000261. The van der Waals surface area contributed by atoms with Crippen LogP contribution >= 0.6 is 0 Å². The van der Waals surface area contributed by atoms with Crippen molar-refractivity contribution in [2.24, 2.45) is 157 Å². The molecule has 6 rings (SSSR count). The third kappa shape index (κ3) is 17.0. The van der Waals surface area contributed by atoms with Crippen LogP contribution in [0.1, 0.15) is 360 Å². The zero-order valence-electron chi connectivity index (χ0n) is 61.2. The van der Waals surface area contributed by atoms with E-state index < -0.39 is 0 Å². The van der Waals surface area contributed by atoms with E-state index in [1.807, 2.05) is 0 Å². The van der Waals surface area contributed by atoms with Gasteiger partial charge in [0.05, 0.1) is 0 Å². The van der Waals surface area contributed by atoms with E-state index in [4.69, 9.17) is 0 Å². The van der Waals surface area contributed by atoms with Gasteiger partial charge in [-0.25, -0.2) is 0 Å². The lowest BCUT2D eigenvalue weighted by Crippen LogP contribution is -2.53. The summed E-state index contributed by atoms with van der Waals surface area (Å²) in [5.41, 5.74) is 3.37. The molecule has 0 spiro atoms. The van der Waals surface area contributed by atoms with E-state index in [1.165, 1.54) is 122 Å². The molecule has 0 aliphatic heterocycles. The normalized spacial score (nSPS) is 37.0. The molecule has 22 atom stereocenters. The highest BCUT2D eigenvalue weighted by atomic mass is 14.7. The molecule has 22 unspecified atom stereocenters. The second-order valence-electron chi connectivity index (χ2n) is 36.1. The molecule has 0 bridgehead atoms. The standard InChI is InChI=1S/C27H48.C27H52.C27H56/c1-19(2)9-8-10-20(3)23-14-15-24-22-13-12-21-11-6-7-17-26(21,4)25(22)16-18-27(23,24)5;1-10-17-26(8)21(5)14-15-24-23(7)27(9,18-16-25(24)26)22(6)20(4)13-11-12-19(2)3;1-14-18-27(13,20(4)5)25(10)22(7)24(9)26(11,12)23(8)21(6)17-15-16-19(2)3/h19-25H,6-18H2,1-5H3;19-25H,10-18H2,1-9H3;19-25H,14-18H2,1-13H3. The fourth-order valence-corrected chi connectivity index (χ4v) is 22.4. The van der Waals surface area contributed by atoms with Crippen LogP contribution in [0, 0.1) is 157 Å². The van der Waals surface area contributed by atoms with Crippen LogP contribution in [-0.2, 0) is 0 Å². The van der Waals surface area contributed by atoms with E-state index in [2.05, 4.69) is 187 Å². The Morgan fingerprint density at radius 1 is 0.469 bits per heavy atom. The molecule has 0 heterocycles. The first-order valence-electron chi connectivity index (χ1n) is 37.7. The lowest BCUT2D eigenvalue weighted by atomic mass is 9.44. The van der Waals surface area contributed by atoms with Gasteiger partial charge in [0.2, 0.25) is 0 Å². The minimum atomic E-state index is 0.384. The summed E-state index contributed by atoms with van der Waals surface area (Å²) in [7, 11) is 0. The van der Waals surface area contributed by atoms with Gasteiger partial charge in [-0.15, -0.1) is 0 Å². The number of hydrogen-bond acceptors (Lipinski definition) is 0. The average molecular weight is 1130 g/mol. The highest BCUT2D eigenvalue weighted by Gasteiger charge is 2.60. The molecule has 0 nitrogen and oxygen atoms in total. The highest BCUT2D eigenvalue weighted by molar-refractivity contribution is 5.10. The minimum absolute atomic E-state index is 0.384. The quantitative estimate of drug-likeness (QED) is 0.0810. The first-order chi connectivity index (χ1) is 37.7. The van der Waals surface area contributed by atoms with Crippen LogP contribution in [-0.4, -0.2) is 0 Å². The van der Waals surface area contributed by atoms with Crippen molar-refractivity contribution in [3.8, 4) is 0 Å². The molecule has 0 saturated heterocycles. The Kier molecular flexibility index (Phi) is 28.5. The van der Waals surface area contributed by atoms with Crippen LogP contribution in [0.5, 0.6) is 0 Å². The largest absolute Gasteiger partial charge is 0.0654 e. The van der Waals surface area contributed by atoms with Crippen LogP contribution in [0.4, 0.5) is 0 Å². The molecular formula is C81H156. The summed E-state index contributed by atoms with van der Waals surface area (Å²) in [5.74, 6) is 18.9. The smallest absolute Gasteiger partial charge is 0.0264 e. The van der Waals surface area contributed by atoms with E-state index in [0.717, 1.165) is 124 Å². The van der Waals surface area contributed by atoms with Crippen molar-refractivity contribution in [1.82, 2.24) is 0 Å². The minimum Gasteiger partial charge on any atom is -0.0654 e. The van der Waals surface area contributed by atoms with Crippen molar-refractivity contribution in [2.45, 2.75) is 360 Å². The Bertz CT molecular complexity index is 1740. The van der Waals surface area contributed by atoms with Crippen molar-refractivity contribution >= 4 is 0 Å². The van der Waals surface area contributed by atoms with Gasteiger partial charge in [0, 0.05) is 0 Å². The maximum atomic E-state index is 2.75. The van der Waals surface area contributed by atoms with Gasteiger partial charge in [-0.1, -0.05) is 270 Å². The van der Waals surface area contributed by atoms with Crippen molar-refractivity contribution in [2.75, 3.05) is 0 Å². The van der Waals surface area contributed by atoms with Gasteiger partial charge >= 0.3 is 0 Å². The lowest BCUT2D eigenvalue weighted by Gasteiger charge is -2.61. The van der Waals surface area contributed by atoms with Gasteiger partial charge in [-0.05, 0) is 247 Å². The molecular weight excluding hydrogens is 973 g/mol. The zero-order chi connectivity index (χ0) is 61.2. The SMILES string of the molecule is CC(C)CCCC(C)C1CCC2C3CCC4CCCCC4(C)C3CCC12C.CCCC(C)(C(C)C)C(C)C(C)C(C)C(C)(C)C(C)C(C)CCCC(C)C.CCCC1(C)C(C)CCC2C(C)C(C)(C(C)C(C)CCCC(C)C)CCC21. The van der Waals surface area contributed by atoms with Gasteiger partial charge < -0.3 is 0 Å². The highest BCUT2D eigenvalue weighted by Crippen LogP contribution is 2.69. The monoisotopic (exact) mass is 1130 g/mol. The molecule has 0 radical (unpaired) electrons. The number of hydrogen-bond donors (Lipinski definition) is 0. The zero-order valence-corrected chi connectivity index (χ0v) is 61.2. The Hall–Kier alpha value is 0. The van der Waals surface area contributed by atoms with Gasteiger partial charge in [0.25, 0.3) is 0 Å². The maximum Gasteiger partial charge on any atom is -0.0264 e. The van der Waals surface area contributed by atoms with Crippen LogP contribution in [0.2, 0.25) is 0 Å². The lowest BCUT2D eigenvalue weighted by molar-refractivity contribution is -0.114. The van der Waals surface area contributed by atoms with E-state index >= 15 is 0 Å². The van der Waals surface area contributed by atoms with E-state index in [1.54, 1.807) is 51.4 Å². The first kappa shape index (κ1) is 73.5. The molecule has 0 N–H and O–H groups in total. The van der Waals surface area contributed by atoms with Gasteiger partial charge in [-0.3, -0.25) is 0 Å². The van der Waals surface area contributed by atoms with Crippen LogP contribution < -0.4 is 0 Å². The maximum absolute atomic E-state index is 2.75. The number of fused-ring (bicyclic) bond motifs is 6. The van der Waals surface area contributed by atoms with E-state index in [-0.39, 0.29) is 0 Å². The molecule has 6 saturated carbocycles. The molecule has 0 heteroatoms. The van der Waals surface area contributed by atoms with Crippen LogP contribution in [0.3, 0.4) is 0 Å². The molecule has 0 amide bonds. The summed E-state index contributed by atoms with van der Waals surface area (Å²) < 4.78 is 0. The van der Waals surface area contributed by atoms with Gasteiger partial charge in [-0.2, -0.15) is 0 Å². The molecule has 0 aromatic carbocycles. The van der Waals surface area contributed by atoms with Gasteiger partial charge in [0.1, 0.15) is 0 Å². The summed E-state index contributed by atoms with van der Waals surface area (Å²) in [5, 5.41) is 0. The Morgan fingerprint density at radius 2 is 1.01 bits per heavy atom. The summed E-state index contributed by atoms with van der Waals surface area (Å²) >= 11 is 0. The summed E-state index contributed by atoms with van der Waals surface area (Å²) in [6, 6.07) is 0. The Morgan fingerprint density at radius 3 is 1.57 bits per heavy atom. The van der Waals surface area contributed by atoms with Crippen molar-refractivity contribution in [3.63, 3.8) is 0 Å². The van der Waals surface area contributed by atoms with Crippen molar-refractivity contribution in [3.05, 3.63) is 0 Å². The molecule has 480 valence electrons. The third-order valence-electron chi connectivity index (χ3n) is 30.4. The predicted molar refractivity (Wildman–Crippen MR) is 366 cm³/mol. The van der Waals surface area contributed by atoms with Crippen molar-refractivity contribution < 1.29 is 0 Å². The molecule has 0 aromatic heterocycles. The molecule has 6 aliphatic carbocycles. The number of rotatable bonds is 26. The Labute approximate surface area is 514 Å². The van der Waals surface area contributed by atoms with Crippen molar-refractivity contribution in [1.29, 1.82) is 0 Å². The fourth-order valence-electron chi connectivity index (χ4n) is 22.4. The van der Waals surface area contributed by atoms with E-state index in [9.17, 15) is 0 Å². The predicted octanol–water partition coefficient (Wildman–Crippen LogP) is 27.0. The summed E-state index contributed by atoms with van der Waals surface area (Å²) in [6.45, 7) is 68.0. The second-order valence-corrected chi connectivity index (χ2v) is 36.1. The van der Waals surface area contributed by atoms with Crippen LogP contribution in [0.15, 0.2) is 0 Å². The molecule has 0 aromatic rings. The second kappa shape index (κ2) is 31.4. The third-order valence-corrected chi connectivity index (χ3v) is 30.4. The average Bonchev–Trinajstić information content (AvgIpc) is 3.83. The van der Waals surface area contributed by atoms with E-state index in [0.29, 0.717) is 32.5 Å². The first-order valence-corrected chi connectivity index (χ1v) is 37.7. The van der Waals surface area contributed by atoms with Crippen LogP contribution in [0.25, 0.3) is 0 Å². The summed E-state index contributed by atoms with van der Waals surface area (Å²) in [6.07, 6.45) is 39.7. The van der Waals surface area contributed by atoms with Gasteiger partial charge in [0.15, 0.2) is 0 Å². The topological polar surface area (TPSA) is 0 Å². The molecule has 6 aliphatic rings. The molecule has 81 heavy (non-hydrogen) atoms. The fraction of sp³-hybridized carbons (Fsp3) is 1.00. The molecule has 6 fully saturated rings. The summed E-state index contributed by atoms with van der Waals surface area (Å²) in [4.78, 5) is 0.